The van der Waals surface area contributed by atoms with Crippen LogP contribution in [0, 0.1) is 0 Å². The van der Waals surface area contributed by atoms with Gasteiger partial charge in [0.05, 0.1) is 5.54 Å². The van der Waals surface area contributed by atoms with Crippen molar-refractivity contribution in [1.29, 1.82) is 0 Å². The Morgan fingerprint density at radius 1 is 1.39 bits per heavy atom. The summed E-state index contributed by atoms with van der Waals surface area (Å²) < 4.78 is 2.01. The third-order valence-corrected chi connectivity index (χ3v) is 3.51. The molecule has 0 aliphatic carbocycles. The fourth-order valence-electron chi connectivity index (χ4n) is 2.39. The third-order valence-electron chi connectivity index (χ3n) is 3.11. The maximum Gasteiger partial charge on any atom is 0.315 e. The minimum Gasteiger partial charge on any atom is -0.336 e. The van der Waals surface area contributed by atoms with Gasteiger partial charge >= 0.3 is 6.03 Å². The lowest BCUT2D eigenvalue weighted by Gasteiger charge is -2.42. The quantitative estimate of drug-likeness (QED) is 0.669. The highest BCUT2D eigenvalue weighted by Gasteiger charge is 2.35. The molecule has 106 valence electrons. The number of likely N-dealkylation sites (N-methyl/N-ethyl adjacent to an activating group) is 1. The van der Waals surface area contributed by atoms with Gasteiger partial charge < -0.3 is 15.5 Å². The summed E-state index contributed by atoms with van der Waals surface area (Å²) in [6, 6.07) is 0.0887. The normalized spacial score (nSPS) is 20.2. The molecule has 0 saturated carbocycles. The van der Waals surface area contributed by atoms with Crippen LogP contribution in [-0.2, 0) is 0 Å². The first kappa shape index (κ1) is 15.6. The van der Waals surface area contributed by atoms with Crippen LogP contribution in [-0.4, -0.2) is 60.5 Å². The molecule has 1 fully saturated rings. The van der Waals surface area contributed by atoms with Gasteiger partial charge in [-0.25, -0.2) is 4.79 Å². The molecule has 18 heavy (non-hydrogen) atoms. The molecule has 0 aromatic heterocycles. The first-order chi connectivity index (χ1) is 8.33. The van der Waals surface area contributed by atoms with Gasteiger partial charge in [0.15, 0.2) is 0 Å². The number of urea groups is 1. The predicted octanol–water partition coefficient (Wildman–Crippen LogP) is 0.935. The average Bonchev–Trinajstić information content (AvgIpc) is 2.20. The molecule has 1 rings (SSSR count). The van der Waals surface area contributed by atoms with Gasteiger partial charge in [0.2, 0.25) is 0 Å². The molecule has 0 atom stereocenters. The van der Waals surface area contributed by atoms with Gasteiger partial charge in [0, 0.05) is 25.7 Å². The van der Waals surface area contributed by atoms with Crippen LogP contribution in [0.4, 0.5) is 4.79 Å². The topological polar surface area (TPSA) is 47.6 Å². The second-order valence-corrected chi connectivity index (χ2v) is 6.29. The van der Waals surface area contributed by atoms with Crippen LogP contribution in [0.3, 0.4) is 0 Å². The van der Waals surface area contributed by atoms with Gasteiger partial charge in [0.1, 0.15) is 0 Å². The molecule has 0 spiro atoms. The number of carbonyl (C=O) groups is 1. The monoisotopic (exact) mass is 274 g/mol. The van der Waals surface area contributed by atoms with Crippen molar-refractivity contribution < 1.29 is 4.79 Å². The molecular formula is C12H26N4OS. The smallest absolute Gasteiger partial charge is 0.315 e. The summed E-state index contributed by atoms with van der Waals surface area (Å²) in [5.74, 6) is 0. The Labute approximate surface area is 116 Å². The Kier molecular flexibility index (Phi) is 5.75. The molecular weight excluding hydrogens is 248 g/mol. The minimum absolute atomic E-state index is 0.0699. The molecule has 1 saturated heterocycles. The summed E-state index contributed by atoms with van der Waals surface area (Å²) >= 11 is 4.37. The summed E-state index contributed by atoms with van der Waals surface area (Å²) in [5.41, 5.74) is -0.137. The zero-order valence-corrected chi connectivity index (χ0v) is 12.8. The number of piperidine rings is 1. The van der Waals surface area contributed by atoms with Gasteiger partial charge in [-0.2, -0.15) is 0 Å². The molecule has 2 N–H and O–H groups in total. The van der Waals surface area contributed by atoms with Crippen molar-refractivity contribution in [2.75, 3.05) is 33.7 Å². The van der Waals surface area contributed by atoms with E-state index in [-0.39, 0.29) is 17.6 Å². The largest absolute Gasteiger partial charge is 0.336 e. The number of hydrogen-bond acceptors (Lipinski definition) is 4. The van der Waals surface area contributed by atoms with E-state index in [9.17, 15) is 4.79 Å². The third kappa shape index (κ3) is 5.04. The molecule has 1 heterocycles. The van der Waals surface area contributed by atoms with Crippen molar-refractivity contribution in [3.8, 4) is 0 Å². The summed E-state index contributed by atoms with van der Waals surface area (Å²) in [6.07, 6.45) is 1.86. The molecule has 0 radical (unpaired) electrons. The maximum atomic E-state index is 11.9. The zero-order chi connectivity index (χ0) is 13.8. The van der Waals surface area contributed by atoms with E-state index in [0.29, 0.717) is 0 Å². The predicted molar refractivity (Wildman–Crippen MR) is 77.9 cm³/mol. The summed E-state index contributed by atoms with van der Waals surface area (Å²) in [5, 5.41) is 6.06. The van der Waals surface area contributed by atoms with E-state index < -0.39 is 0 Å². The molecule has 5 nitrogen and oxygen atoms in total. The van der Waals surface area contributed by atoms with Gasteiger partial charge in [0.25, 0.3) is 0 Å². The number of amides is 2. The first-order valence-electron chi connectivity index (χ1n) is 6.50. The lowest BCUT2D eigenvalue weighted by Crippen LogP contribution is -2.61. The van der Waals surface area contributed by atoms with E-state index in [2.05, 4.69) is 28.3 Å². The van der Waals surface area contributed by atoms with Crippen molar-refractivity contribution in [2.24, 2.45) is 0 Å². The van der Waals surface area contributed by atoms with E-state index in [1.54, 1.807) is 0 Å². The Bertz CT molecular complexity index is 275. The molecule has 0 bridgehead atoms. The minimum atomic E-state index is -0.137. The fraction of sp³-hybridized carbons (Fsp3) is 0.917. The van der Waals surface area contributed by atoms with Crippen molar-refractivity contribution in [1.82, 2.24) is 19.8 Å². The van der Waals surface area contributed by atoms with E-state index >= 15 is 0 Å². The number of nitrogens with one attached hydrogen (secondary N) is 2. The van der Waals surface area contributed by atoms with E-state index in [1.165, 1.54) is 0 Å². The Morgan fingerprint density at radius 2 is 1.94 bits per heavy atom. The highest BCUT2D eigenvalue weighted by molar-refractivity contribution is 7.77. The van der Waals surface area contributed by atoms with Crippen LogP contribution in [0.25, 0.3) is 0 Å². The van der Waals surface area contributed by atoms with Crippen LogP contribution in [0.2, 0.25) is 0 Å². The Balaban J connectivity index is 2.63. The number of hydrogen-bond donors (Lipinski definition) is 3. The summed E-state index contributed by atoms with van der Waals surface area (Å²) in [7, 11) is 4.08. The van der Waals surface area contributed by atoms with E-state index in [1.807, 2.05) is 32.2 Å². The summed E-state index contributed by atoms with van der Waals surface area (Å²) in [4.78, 5) is 14.0. The van der Waals surface area contributed by atoms with Crippen molar-refractivity contribution in [3.63, 3.8) is 0 Å². The molecule has 0 unspecified atom stereocenters. The molecule has 1 aliphatic rings. The van der Waals surface area contributed by atoms with Gasteiger partial charge in [-0.3, -0.25) is 4.31 Å². The maximum absolute atomic E-state index is 11.9. The van der Waals surface area contributed by atoms with Crippen molar-refractivity contribution in [3.05, 3.63) is 0 Å². The SMILES string of the molecule is CC(C)NC(=O)NC1(CN(C)C)CCN(S)CC1. The number of nitrogens with zero attached hydrogens (tertiary/aromatic N) is 2. The number of thiol groups is 1. The van der Waals surface area contributed by atoms with Crippen molar-refractivity contribution in [2.45, 2.75) is 38.3 Å². The highest BCUT2D eigenvalue weighted by Crippen LogP contribution is 2.24. The molecule has 0 aromatic rings. The number of rotatable bonds is 4. The van der Waals surface area contributed by atoms with Gasteiger partial charge in [-0.15, -0.1) is 0 Å². The van der Waals surface area contributed by atoms with Crippen LogP contribution >= 0.6 is 12.8 Å². The van der Waals surface area contributed by atoms with Crippen LogP contribution in [0.15, 0.2) is 0 Å². The van der Waals surface area contributed by atoms with Crippen molar-refractivity contribution >= 4 is 18.8 Å². The van der Waals surface area contributed by atoms with Crippen LogP contribution < -0.4 is 10.6 Å². The Morgan fingerprint density at radius 3 is 2.39 bits per heavy atom. The molecule has 0 aromatic carbocycles. The average molecular weight is 274 g/mol. The lowest BCUT2D eigenvalue weighted by atomic mass is 9.88. The van der Waals surface area contributed by atoms with Gasteiger partial charge in [-0.1, -0.05) is 12.8 Å². The standard InChI is InChI=1S/C12H26N4OS/c1-10(2)13-11(17)14-12(9-15(3)4)5-7-16(18)8-6-12/h10,18H,5-9H2,1-4H3,(H2,13,14,17). The first-order valence-corrected chi connectivity index (χ1v) is 6.90. The van der Waals surface area contributed by atoms with Crippen LogP contribution in [0.5, 0.6) is 0 Å². The van der Waals surface area contributed by atoms with Crippen LogP contribution in [0.1, 0.15) is 26.7 Å². The van der Waals surface area contributed by atoms with E-state index in [4.69, 9.17) is 0 Å². The Hall–Kier alpha value is -0.460. The lowest BCUT2D eigenvalue weighted by molar-refractivity contribution is 0.155. The highest BCUT2D eigenvalue weighted by atomic mass is 32.1. The summed E-state index contributed by atoms with van der Waals surface area (Å²) in [6.45, 7) is 6.60. The van der Waals surface area contributed by atoms with E-state index in [0.717, 1.165) is 32.5 Å². The second-order valence-electron chi connectivity index (χ2n) is 5.72. The fourth-order valence-corrected chi connectivity index (χ4v) is 2.59. The zero-order valence-electron chi connectivity index (χ0n) is 11.9. The molecule has 2 amide bonds. The number of carbonyl (C=O) groups excluding carboxylic acids is 1. The second kappa shape index (κ2) is 6.63. The molecule has 1 aliphatic heterocycles. The molecule has 6 heteroatoms. The van der Waals surface area contributed by atoms with Gasteiger partial charge in [-0.05, 0) is 40.8 Å².